The lowest BCUT2D eigenvalue weighted by atomic mass is 9.78. The van der Waals surface area contributed by atoms with Crippen molar-refractivity contribution in [1.82, 2.24) is 4.90 Å². The monoisotopic (exact) mass is 224 g/mol. The first-order valence-electron chi connectivity index (χ1n) is 7.18. The molecule has 2 aliphatic rings. The van der Waals surface area contributed by atoms with Gasteiger partial charge in [0.2, 0.25) is 0 Å². The van der Waals surface area contributed by atoms with E-state index in [4.69, 9.17) is 5.73 Å². The van der Waals surface area contributed by atoms with E-state index in [1.54, 1.807) is 0 Å². The van der Waals surface area contributed by atoms with E-state index in [2.05, 4.69) is 18.7 Å². The summed E-state index contributed by atoms with van der Waals surface area (Å²) in [6, 6.07) is 1.50. The summed E-state index contributed by atoms with van der Waals surface area (Å²) in [4.78, 5) is 2.75. The molecule has 1 saturated carbocycles. The molecule has 0 aromatic heterocycles. The molecule has 1 aliphatic heterocycles. The van der Waals surface area contributed by atoms with E-state index in [0.717, 1.165) is 24.4 Å². The van der Waals surface area contributed by atoms with Crippen molar-refractivity contribution in [1.29, 1.82) is 0 Å². The van der Waals surface area contributed by atoms with Crippen LogP contribution in [0.5, 0.6) is 0 Å². The van der Waals surface area contributed by atoms with Gasteiger partial charge in [-0.25, -0.2) is 0 Å². The molecule has 2 rings (SSSR count). The van der Waals surface area contributed by atoms with Gasteiger partial charge in [-0.15, -0.1) is 0 Å². The first-order chi connectivity index (χ1) is 7.72. The molecule has 16 heavy (non-hydrogen) atoms. The van der Waals surface area contributed by atoms with Crippen LogP contribution < -0.4 is 5.73 Å². The van der Waals surface area contributed by atoms with Gasteiger partial charge >= 0.3 is 0 Å². The standard InChI is InChI=1S/C14H28N2/c1-11-6-7-14(12(2)9-11)16-8-4-3-5-13(16)10-15/h11-14H,3-10,15H2,1-2H3. The number of nitrogens with two attached hydrogens (primary N) is 1. The van der Waals surface area contributed by atoms with Crippen molar-refractivity contribution in [3.8, 4) is 0 Å². The highest BCUT2D eigenvalue weighted by atomic mass is 15.2. The van der Waals surface area contributed by atoms with Gasteiger partial charge < -0.3 is 5.73 Å². The highest BCUT2D eigenvalue weighted by molar-refractivity contribution is 4.89. The molecule has 4 unspecified atom stereocenters. The maximum Gasteiger partial charge on any atom is 0.0221 e. The van der Waals surface area contributed by atoms with Crippen molar-refractivity contribution in [2.24, 2.45) is 17.6 Å². The van der Waals surface area contributed by atoms with Crippen LogP contribution in [0, 0.1) is 11.8 Å². The Bertz CT molecular complexity index is 217. The average Bonchev–Trinajstić information content (AvgIpc) is 2.29. The van der Waals surface area contributed by atoms with Crippen molar-refractivity contribution >= 4 is 0 Å². The predicted octanol–water partition coefficient (Wildman–Crippen LogP) is 2.62. The Balaban J connectivity index is 1.98. The fourth-order valence-electron chi connectivity index (χ4n) is 3.85. The molecule has 2 heteroatoms. The quantitative estimate of drug-likeness (QED) is 0.781. The van der Waals surface area contributed by atoms with Crippen LogP contribution in [0.2, 0.25) is 0 Å². The number of hydrogen-bond donors (Lipinski definition) is 1. The molecule has 0 bridgehead atoms. The normalized spacial score (nSPS) is 42.2. The van der Waals surface area contributed by atoms with E-state index in [9.17, 15) is 0 Å². The van der Waals surface area contributed by atoms with Crippen LogP contribution in [0.25, 0.3) is 0 Å². The number of hydrogen-bond acceptors (Lipinski definition) is 2. The van der Waals surface area contributed by atoms with Gasteiger partial charge in [-0.1, -0.05) is 20.3 Å². The maximum atomic E-state index is 5.93. The van der Waals surface area contributed by atoms with Crippen molar-refractivity contribution in [2.75, 3.05) is 13.1 Å². The van der Waals surface area contributed by atoms with Crippen LogP contribution in [0.4, 0.5) is 0 Å². The molecular formula is C14H28N2. The van der Waals surface area contributed by atoms with Gasteiger partial charge in [0.15, 0.2) is 0 Å². The Morgan fingerprint density at radius 3 is 2.62 bits per heavy atom. The zero-order valence-corrected chi connectivity index (χ0v) is 11.0. The Labute approximate surface area is 101 Å². The van der Waals surface area contributed by atoms with Crippen LogP contribution in [-0.2, 0) is 0 Å². The Morgan fingerprint density at radius 2 is 1.94 bits per heavy atom. The second-order valence-corrected chi connectivity index (χ2v) is 6.09. The second-order valence-electron chi connectivity index (χ2n) is 6.09. The maximum absolute atomic E-state index is 5.93. The molecule has 2 nitrogen and oxygen atoms in total. The van der Waals surface area contributed by atoms with Crippen LogP contribution in [-0.4, -0.2) is 30.1 Å². The topological polar surface area (TPSA) is 29.3 Å². The summed E-state index contributed by atoms with van der Waals surface area (Å²) in [6.45, 7) is 7.01. The van der Waals surface area contributed by atoms with Gasteiger partial charge in [-0.3, -0.25) is 4.90 Å². The number of likely N-dealkylation sites (tertiary alicyclic amines) is 1. The van der Waals surface area contributed by atoms with Gasteiger partial charge in [-0.05, 0) is 50.5 Å². The molecule has 2 fully saturated rings. The summed E-state index contributed by atoms with van der Waals surface area (Å²) >= 11 is 0. The molecule has 2 N–H and O–H groups in total. The van der Waals surface area contributed by atoms with Crippen LogP contribution in [0.3, 0.4) is 0 Å². The Kier molecular flexibility index (Phi) is 4.26. The molecule has 4 atom stereocenters. The molecular weight excluding hydrogens is 196 g/mol. The van der Waals surface area contributed by atoms with Crippen LogP contribution in [0.15, 0.2) is 0 Å². The fraction of sp³-hybridized carbons (Fsp3) is 1.00. The van der Waals surface area contributed by atoms with Gasteiger partial charge in [0.05, 0.1) is 0 Å². The highest BCUT2D eigenvalue weighted by Crippen LogP contribution is 2.34. The van der Waals surface area contributed by atoms with Crippen molar-refractivity contribution in [3.05, 3.63) is 0 Å². The lowest BCUT2D eigenvalue weighted by Gasteiger charge is -2.46. The van der Waals surface area contributed by atoms with Crippen LogP contribution in [0.1, 0.15) is 52.4 Å². The summed E-state index contributed by atoms with van der Waals surface area (Å²) in [7, 11) is 0. The summed E-state index contributed by atoms with van der Waals surface area (Å²) < 4.78 is 0. The van der Waals surface area contributed by atoms with E-state index in [-0.39, 0.29) is 0 Å². The minimum Gasteiger partial charge on any atom is -0.329 e. The average molecular weight is 224 g/mol. The molecule has 94 valence electrons. The van der Waals surface area contributed by atoms with Gasteiger partial charge in [0, 0.05) is 18.6 Å². The molecule has 0 radical (unpaired) electrons. The Morgan fingerprint density at radius 1 is 1.12 bits per heavy atom. The zero-order valence-electron chi connectivity index (χ0n) is 11.0. The van der Waals surface area contributed by atoms with E-state index < -0.39 is 0 Å². The molecule has 0 aromatic rings. The highest BCUT2D eigenvalue weighted by Gasteiger charge is 2.34. The molecule has 0 spiro atoms. The molecule has 1 heterocycles. The number of nitrogens with zero attached hydrogens (tertiary/aromatic N) is 1. The van der Waals surface area contributed by atoms with E-state index in [1.165, 1.54) is 45.1 Å². The summed E-state index contributed by atoms with van der Waals surface area (Å²) in [6.07, 6.45) is 8.33. The number of rotatable bonds is 2. The van der Waals surface area contributed by atoms with E-state index in [1.807, 2.05) is 0 Å². The third-order valence-electron chi connectivity index (χ3n) is 4.76. The van der Waals surface area contributed by atoms with E-state index >= 15 is 0 Å². The van der Waals surface area contributed by atoms with Gasteiger partial charge in [-0.2, -0.15) is 0 Å². The van der Waals surface area contributed by atoms with Crippen molar-refractivity contribution in [2.45, 2.75) is 64.5 Å². The minimum atomic E-state index is 0.676. The molecule has 1 saturated heterocycles. The third-order valence-corrected chi connectivity index (χ3v) is 4.76. The Hall–Kier alpha value is -0.0800. The SMILES string of the molecule is CC1CCC(N2CCCCC2CN)C(C)C1. The van der Waals surface area contributed by atoms with Crippen molar-refractivity contribution < 1.29 is 0 Å². The first kappa shape index (κ1) is 12.4. The largest absolute Gasteiger partial charge is 0.329 e. The molecule has 0 aromatic carbocycles. The summed E-state index contributed by atoms with van der Waals surface area (Å²) in [5.41, 5.74) is 5.93. The van der Waals surface area contributed by atoms with Crippen molar-refractivity contribution in [3.63, 3.8) is 0 Å². The first-order valence-corrected chi connectivity index (χ1v) is 7.18. The van der Waals surface area contributed by atoms with Gasteiger partial charge in [0.25, 0.3) is 0 Å². The van der Waals surface area contributed by atoms with E-state index in [0.29, 0.717) is 6.04 Å². The number of piperidine rings is 1. The summed E-state index contributed by atoms with van der Waals surface area (Å²) in [5.74, 6) is 1.81. The smallest absolute Gasteiger partial charge is 0.0221 e. The minimum absolute atomic E-state index is 0.676. The fourth-order valence-corrected chi connectivity index (χ4v) is 3.85. The third kappa shape index (κ3) is 2.60. The molecule has 1 aliphatic carbocycles. The van der Waals surface area contributed by atoms with Gasteiger partial charge in [0.1, 0.15) is 0 Å². The molecule has 0 amide bonds. The lowest BCUT2D eigenvalue weighted by Crippen LogP contribution is -2.53. The predicted molar refractivity (Wildman–Crippen MR) is 69.4 cm³/mol. The lowest BCUT2D eigenvalue weighted by molar-refractivity contribution is 0.0367. The summed E-state index contributed by atoms with van der Waals surface area (Å²) in [5, 5.41) is 0. The van der Waals surface area contributed by atoms with Crippen LogP contribution >= 0.6 is 0 Å². The zero-order chi connectivity index (χ0) is 11.5. The second kappa shape index (κ2) is 5.50.